The van der Waals surface area contributed by atoms with E-state index in [1.807, 2.05) is 36.1 Å². The zero-order valence-electron chi connectivity index (χ0n) is 15.4. The monoisotopic (exact) mass is 348 g/mol. The lowest BCUT2D eigenvalue weighted by molar-refractivity contribution is 0.0748. The van der Waals surface area contributed by atoms with Crippen molar-refractivity contribution in [2.45, 2.75) is 26.4 Å². The Bertz CT molecular complexity index is 941. The molecule has 4 heteroatoms. The normalized spacial score (nSPS) is 13.8. The highest BCUT2D eigenvalue weighted by Gasteiger charge is 2.23. The van der Waals surface area contributed by atoms with E-state index < -0.39 is 0 Å². The van der Waals surface area contributed by atoms with Crippen LogP contribution in [0.3, 0.4) is 0 Å². The average molecular weight is 348 g/mol. The molecule has 0 saturated carbocycles. The van der Waals surface area contributed by atoms with Crippen LogP contribution in [0.1, 0.15) is 27.0 Å². The molecule has 4 nitrogen and oxygen atoms in total. The van der Waals surface area contributed by atoms with Crippen LogP contribution in [-0.4, -0.2) is 35.6 Å². The van der Waals surface area contributed by atoms with Crippen molar-refractivity contribution in [1.82, 2.24) is 9.47 Å². The molecule has 0 bridgehead atoms. The first-order valence-electron chi connectivity index (χ1n) is 9.12. The third kappa shape index (κ3) is 3.01. The van der Waals surface area contributed by atoms with E-state index in [4.69, 9.17) is 4.74 Å². The van der Waals surface area contributed by atoms with Gasteiger partial charge >= 0.3 is 0 Å². The van der Waals surface area contributed by atoms with Gasteiger partial charge in [0.15, 0.2) is 0 Å². The van der Waals surface area contributed by atoms with Crippen LogP contribution in [0, 0.1) is 6.92 Å². The van der Waals surface area contributed by atoms with Gasteiger partial charge in [0.1, 0.15) is 0 Å². The van der Waals surface area contributed by atoms with Gasteiger partial charge in [-0.15, -0.1) is 0 Å². The first kappa shape index (κ1) is 16.9. The Morgan fingerprint density at radius 3 is 2.69 bits per heavy atom. The van der Waals surface area contributed by atoms with E-state index in [0.717, 1.165) is 25.1 Å². The topological polar surface area (TPSA) is 34.5 Å². The van der Waals surface area contributed by atoms with E-state index in [-0.39, 0.29) is 5.91 Å². The number of ether oxygens (including phenoxy) is 1. The summed E-state index contributed by atoms with van der Waals surface area (Å²) in [4.78, 5) is 14.9. The Kier molecular flexibility index (Phi) is 4.51. The lowest BCUT2D eigenvalue weighted by Crippen LogP contribution is -2.31. The van der Waals surface area contributed by atoms with E-state index in [0.29, 0.717) is 13.2 Å². The SMILES string of the molecule is COCCn1cc2c3c(cccc31)CN(C(=O)c1ccc(C)cc1)CC2. The number of carbonyl (C=O) groups is 1. The fourth-order valence-electron chi connectivity index (χ4n) is 3.81. The largest absolute Gasteiger partial charge is 0.383 e. The van der Waals surface area contributed by atoms with Crippen LogP contribution >= 0.6 is 0 Å². The Hall–Kier alpha value is -2.59. The number of aromatic nitrogens is 1. The van der Waals surface area contributed by atoms with Gasteiger partial charge in [0.25, 0.3) is 5.91 Å². The van der Waals surface area contributed by atoms with Gasteiger partial charge in [-0.1, -0.05) is 29.8 Å². The first-order valence-corrected chi connectivity index (χ1v) is 9.12. The molecule has 4 rings (SSSR count). The van der Waals surface area contributed by atoms with Gasteiger partial charge in [0.05, 0.1) is 6.61 Å². The van der Waals surface area contributed by atoms with Gasteiger partial charge < -0.3 is 14.2 Å². The molecular weight excluding hydrogens is 324 g/mol. The molecule has 0 saturated heterocycles. The fraction of sp³-hybridized carbons (Fsp3) is 0.318. The number of benzene rings is 2. The van der Waals surface area contributed by atoms with E-state index in [1.165, 1.54) is 27.6 Å². The average Bonchev–Trinajstić information content (AvgIpc) is 2.90. The van der Waals surface area contributed by atoms with Crippen molar-refractivity contribution < 1.29 is 9.53 Å². The number of amides is 1. The Balaban J connectivity index is 1.66. The molecule has 26 heavy (non-hydrogen) atoms. The summed E-state index contributed by atoms with van der Waals surface area (Å²) in [5.41, 5.74) is 5.72. The molecule has 0 fully saturated rings. The Morgan fingerprint density at radius 1 is 1.12 bits per heavy atom. The lowest BCUT2D eigenvalue weighted by Gasteiger charge is -2.21. The first-order chi connectivity index (χ1) is 12.7. The van der Waals surface area contributed by atoms with Gasteiger partial charge in [0, 0.05) is 49.4 Å². The predicted molar refractivity (Wildman–Crippen MR) is 103 cm³/mol. The molecule has 0 atom stereocenters. The maximum Gasteiger partial charge on any atom is 0.254 e. The third-order valence-corrected chi connectivity index (χ3v) is 5.21. The highest BCUT2D eigenvalue weighted by atomic mass is 16.5. The van der Waals surface area contributed by atoms with Crippen LogP contribution in [0.25, 0.3) is 10.9 Å². The summed E-state index contributed by atoms with van der Waals surface area (Å²) in [6.07, 6.45) is 3.11. The van der Waals surface area contributed by atoms with Crippen molar-refractivity contribution in [3.05, 3.63) is 70.9 Å². The molecule has 1 aliphatic heterocycles. The fourth-order valence-corrected chi connectivity index (χ4v) is 3.81. The summed E-state index contributed by atoms with van der Waals surface area (Å²) in [5, 5.41) is 1.31. The van der Waals surface area contributed by atoms with Crippen molar-refractivity contribution in [3.8, 4) is 0 Å². The number of rotatable bonds is 4. The minimum atomic E-state index is 0.111. The highest BCUT2D eigenvalue weighted by Crippen LogP contribution is 2.30. The highest BCUT2D eigenvalue weighted by molar-refractivity contribution is 5.95. The van der Waals surface area contributed by atoms with Gasteiger partial charge in [-0.05, 0) is 42.7 Å². The number of hydrogen-bond acceptors (Lipinski definition) is 2. The van der Waals surface area contributed by atoms with E-state index in [9.17, 15) is 4.79 Å². The van der Waals surface area contributed by atoms with Gasteiger partial charge in [-0.3, -0.25) is 4.79 Å². The van der Waals surface area contributed by atoms with Crippen LogP contribution in [0.5, 0.6) is 0 Å². The number of hydrogen-bond donors (Lipinski definition) is 0. The van der Waals surface area contributed by atoms with Crippen molar-refractivity contribution in [2.75, 3.05) is 20.3 Å². The summed E-state index contributed by atoms with van der Waals surface area (Å²) < 4.78 is 7.51. The third-order valence-electron chi connectivity index (χ3n) is 5.21. The number of nitrogens with zero attached hydrogens (tertiary/aromatic N) is 2. The van der Waals surface area contributed by atoms with E-state index in [1.54, 1.807) is 7.11 Å². The molecule has 1 aromatic heterocycles. The molecule has 134 valence electrons. The molecule has 2 heterocycles. The summed E-state index contributed by atoms with van der Waals surface area (Å²) in [6, 6.07) is 14.2. The smallest absolute Gasteiger partial charge is 0.254 e. The van der Waals surface area contributed by atoms with Crippen LogP contribution in [-0.2, 0) is 24.2 Å². The number of aryl methyl sites for hydroxylation is 1. The summed E-state index contributed by atoms with van der Waals surface area (Å²) in [6.45, 7) is 4.99. The van der Waals surface area contributed by atoms with Gasteiger partial charge in [-0.2, -0.15) is 0 Å². The molecule has 1 aliphatic rings. The lowest BCUT2D eigenvalue weighted by atomic mass is 10.1. The second-order valence-corrected chi connectivity index (χ2v) is 6.99. The predicted octanol–water partition coefficient (Wildman–Crippen LogP) is 3.79. The molecule has 0 unspecified atom stereocenters. The molecular formula is C22H24N2O2. The molecule has 0 aliphatic carbocycles. The molecule has 3 aromatic rings. The second kappa shape index (κ2) is 6.96. The van der Waals surface area contributed by atoms with Gasteiger partial charge in [0.2, 0.25) is 0 Å². The van der Waals surface area contributed by atoms with Crippen molar-refractivity contribution in [2.24, 2.45) is 0 Å². The summed E-state index contributed by atoms with van der Waals surface area (Å²) >= 11 is 0. The summed E-state index contributed by atoms with van der Waals surface area (Å²) in [5.74, 6) is 0.111. The van der Waals surface area contributed by atoms with Crippen LogP contribution in [0.2, 0.25) is 0 Å². The maximum atomic E-state index is 13.0. The zero-order valence-corrected chi connectivity index (χ0v) is 15.4. The standard InChI is InChI=1S/C22H24N2O2/c1-16-6-8-17(9-7-16)22(25)24-11-10-19-14-23(12-13-26-2)20-5-3-4-18(15-24)21(19)20/h3-9,14H,10-13,15H2,1-2H3. The number of carbonyl (C=O) groups excluding carboxylic acids is 1. The molecule has 2 aromatic carbocycles. The van der Waals surface area contributed by atoms with Crippen molar-refractivity contribution >= 4 is 16.8 Å². The summed E-state index contributed by atoms with van der Waals surface area (Å²) in [7, 11) is 1.73. The van der Waals surface area contributed by atoms with Crippen LogP contribution < -0.4 is 0 Å². The van der Waals surface area contributed by atoms with Crippen molar-refractivity contribution in [1.29, 1.82) is 0 Å². The molecule has 0 radical (unpaired) electrons. The van der Waals surface area contributed by atoms with Crippen LogP contribution in [0.4, 0.5) is 0 Å². The van der Waals surface area contributed by atoms with Gasteiger partial charge in [-0.25, -0.2) is 0 Å². The quantitative estimate of drug-likeness (QED) is 0.719. The minimum Gasteiger partial charge on any atom is -0.383 e. The molecule has 0 spiro atoms. The second-order valence-electron chi connectivity index (χ2n) is 6.99. The number of methoxy groups -OCH3 is 1. The van der Waals surface area contributed by atoms with E-state index in [2.05, 4.69) is 29.0 Å². The van der Waals surface area contributed by atoms with Crippen LogP contribution in [0.15, 0.2) is 48.7 Å². The Morgan fingerprint density at radius 2 is 1.92 bits per heavy atom. The minimum absolute atomic E-state index is 0.111. The molecule has 0 N–H and O–H groups in total. The maximum absolute atomic E-state index is 13.0. The Labute approximate surface area is 154 Å². The molecule has 1 amide bonds. The van der Waals surface area contributed by atoms with Crippen molar-refractivity contribution in [3.63, 3.8) is 0 Å². The zero-order chi connectivity index (χ0) is 18.1. The van der Waals surface area contributed by atoms with E-state index >= 15 is 0 Å².